The first-order valence-electron chi connectivity index (χ1n) is 4.89. The Morgan fingerprint density at radius 2 is 1.71 bits per heavy atom. The van der Waals surface area contributed by atoms with Crippen LogP contribution >= 0.6 is 23.2 Å². The first kappa shape index (κ1) is 18.8. The Kier molecular flexibility index (Phi) is 13.2. The summed E-state index contributed by atoms with van der Waals surface area (Å²) >= 11 is 11.0. The van der Waals surface area contributed by atoms with Gasteiger partial charge in [-0.2, -0.15) is 0 Å². The van der Waals surface area contributed by atoms with Gasteiger partial charge in [0.05, 0.1) is 13.2 Å². The number of hydrogen-bond donors (Lipinski definition) is 0. The topological polar surface area (TPSA) is 26.3 Å². The molecule has 0 aliphatic rings. The maximum Gasteiger partial charge on any atom is 0.131 e. The molecule has 0 N–H and O–H groups in total. The molecule has 0 amide bonds. The zero-order valence-corrected chi connectivity index (χ0v) is 11.0. The van der Waals surface area contributed by atoms with Crippen molar-refractivity contribution in [1.82, 2.24) is 0 Å². The summed E-state index contributed by atoms with van der Waals surface area (Å²) in [4.78, 5) is 9.01. The molecule has 0 heterocycles. The van der Waals surface area contributed by atoms with Gasteiger partial charge in [0, 0.05) is 0 Å². The minimum absolute atomic E-state index is 0. The van der Waals surface area contributed by atoms with Gasteiger partial charge in [0.2, 0.25) is 0 Å². The van der Waals surface area contributed by atoms with E-state index in [1.807, 2.05) is 30.3 Å². The van der Waals surface area contributed by atoms with Crippen molar-refractivity contribution >= 4 is 29.0 Å². The van der Waals surface area contributed by atoms with Crippen molar-refractivity contribution in [2.24, 2.45) is 0 Å². The number of ketones is 1. The van der Waals surface area contributed by atoms with Crippen LogP contribution in [-0.2, 0) is 16.1 Å². The van der Waals surface area contributed by atoms with Crippen molar-refractivity contribution in [3.63, 3.8) is 0 Å². The van der Waals surface area contributed by atoms with Crippen LogP contribution in [-0.4, -0.2) is 17.2 Å². The van der Waals surface area contributed by atoms with Crippen LogP contribution in [0, 0.1) is 0 Å². The van der Waals surface area contributed by atoms with E-state index >= 15 is 0 Å². The molecule has 1 rings (SSSR count). The van der Waals surface area contributed by atoms with E-state index < -0.39 is 4.84 Å². The molecule has 0 aliphatic heterocycles. The Hall–Kier alpha value is -0.570. The van der Waals surface area contributed by atoms with Crippen LogP contribution in [0.25, 0.3) is 0 Å². The quantitative estimate of drug-likeness (QED) is 0.771. The number of benzene rings is 1. The number of ether oxygens (including phenoxy) is 1. The molecule has 4 heteroatoms. The van der Waals surface area contributed by atoms with Gasteiger partial charge in [-0.1, -0.05) is 37.8 Å². The van der Waals surface area contributed by atoms with Crippen LogP contribution in [0.2, 0.25) is 0 Å². The van der Waals surface area contributed by atoms with Crippen LogP contribution < -0.4 is 0 Å². The monoisotopic (exact) mass is 278 g/mol. The zero-order chi connectivity index (χ0) is 12.4. The zero-order valence-electron chi connectivity index (χ0n) is 9.45. The minimum atomic E-state index is -0.436. The maximum atomic E-state index is 9.44. The molecule has 2 nitrogen and oxygen atoms in total. The fourth-order valence-electron chi connectivity index (χ4n) is 0.840. The first-order chi connectivity index (χ1) is 7.52. The van der Waals surface area contributed by atoms with Crippen molar-refractivity contribution < 1.29 is 9.53 Å². The second-order valence-corrected chi connectivity index (χ2v) is 4.58. The molecule has 1 aromatic carbocycles. The van der Waals surface area contributed by atoms with Gasteiger partial charge in [-0.25, -0.2) is 0 Å². The van der Waals surface area contributed by atoms with Gasteiger partial charge in [-0.3, -0.25) is 0 Å². The van der Waals surface area contributed by atoms with E-state index in [1.165, 1.54) is 13.8 Å². The summed E-state index contributed by atoms with van der Waals surface area (Å²) in [5.74, 6) is 0.167. The lowest BCUT2D eigenvalue weighted by atomic mass is 10.2. The molecule has 0 saturated carbocycles. The molecular formula is C13H20Cl2O2. The van der Waals surface area contributed by atoms with Gasteiger partial charge in [-0.05, 0) is 19.4 Å². The highest BCUT2D eigenvalue weighted by molar-refractivity contribution is 6.44. The molecule has 0 bridgehead atoms. The van der Waals surface area contributed by atoms with Gasteiger partial charge in [-0.15, -0.1) is 23.2 Å². The summed E-state index contributed by atoms with van der Waals surface area (Å²) < 4.78 is 5.22. The standard InChI is InChI=1S/C9H10Cl2O.C3H6O.CH4/c10-9(11)7-12-6-8-4-2-1-3-5-8;1-3(2)4;/h1-5,9H,6-7H2;1-2H3;1H4. The lowest BCUT2D eigenvalue weighted by Gasteiger charge is -2.03. The van der Waals surface area contributed by atoms with Crippen LogP contribution in [0.5, 0.6) is 0 Å². The number of carbonyl (C=O) groups is 1. The van der Waals surface area contributed by atoms with E-state index in [2.05, 4.69) is 0 Å². The lowest BCUT2D eigenvalue weighted by molar-refractivity contribution is -0.114. The first-order valence-corrected chi connectivity index (χ1v) is 5.76. The third-order valence-electron chi connectivity index (χ3n) is 1.36. The molecule has 1 aromatic rings. The molecule has 0 fully saturated rings. The van der Waals surface area contributed by atoms with Gasteiger partial charge in [0.15, 0.2) is 0 Å². The van der Waals surface area contributed by atoms with Crippen molar-refractivity contribution in [2.75, 3.05) is 6.61 Å². The number of halogens is 2. The molecule has 0 aromatic heterocycles. The Morgan fingerprint density at radius 1 is 1.24 bits per heavy atom. The number of Topliss-reactive ketones (excluding diaryl/α,β-unsaturated/α-hetero) is 1. The molecule has 0 spiro atoms. The Morgan fingerprint density at radius 3 is 2.12 bits per heavy atom. The van der Waals surface area contributed by atoms with Crippen LogP contribution in [0.15, 0.2) is 30.3 Å². The Bertz CT molecular complexity index is 283. The summed E-state index contributed by atoms with van der Waals surface area (Å²) in [5.41, 5.74) is 1.13. The van der Waals surface area contributed by atoms with Crippen LogP contribution in [0.4, 0.5) is 0 Å². The van der Waals surface area contributed by atoms with E-state index in [9.17, 15) is 4.79 Å². The molecule has 0 aliphatic carbocycles. The third-order valence-corrected chi connectivity index (χ3v) is 1.61. The van der Waals surface area contributed by atoms with Crippen LogP contribution in [0.1, 0.15) is 26.8 Å². The molecule has 17 heavy (non-hydrogen) atoms. The van der Waals surface area contributed by atoms with Gasteiger partial charge in [0.25, 0.3) is 0 Å². The largest absolute Gasteiger partial charge is 0.374 e. The Balaban J connectivity index is 0. The van der Waals surface area contributed by atoms with Crippen molar-refractivity contribution in [1.29, 1.82) is 0 Å². The molecular weight excluding hydrogens is 259 g/mol. The molecule has 0 unspecified atom stereocenters. The predicted octanol–water partition coefficient (Wildman–Crippen LogP) is 4.24. The van der Waals surface area contributed by atoms with Gasteiger partial charge >= 0.3 is 0 Å². The van der Waals surface area contributed by atoms with E-state index in [0.29, 0.717) is 13.2 Å². The summed E-state index contributed by atoms with van der Waals surface area (Å²) in [5, 5.41) is 0. The molecule has 98 valence electrons. The molecule has 0 radical (unpaired) electrons. The SMILES string of the molecule is C.CC(C)=O.ClC(Cl)COCc1ccccc1. The number of hydrogen-bond acceptors (Lipinski definition) is 2. The average Bonchev–Trinajstić information content (AvgIpc) is 2.18. The second kappa shape index (κ2) is 11.9. The van der Waals surface area contributed by atoms with E-state index in [1.54, 1.807) is 0 Å². The van der Waals surface area contributed by atoms with E-state index in [-0.39, 0.29) is 13.2 Å². The number of carbonyl (C=O) groups excluding carboxylic acids is 1. The normalized spacial score (nSPS) is 9.00. The number of rotatable bonds is 4. The average molecular weight is 279 g/mol. The smallest absolute Gasteiger partial charge is 0.131 e. The van der Waals surface area contributed by atoms with Gasteiger partial charge < -0.3 is 9.53 Å². The third kappa shape index (κ3) is 15.4. The summed E-state index contributed by atoms with van der Waals surface area (Å²) in [6.07, 6.45) is 0. The fourth-order valence-corrected chi connectivity index (χ4v) is 1.02. The highest BCUT2D eigenvalue weighted by atomic mass is 35.5. The van der Waals surface area contributed by atoms with Crippen molar-refractivity contribution in [2.45, 2.75) is 32.7 Å². The summed E-state index contributed by atoms with van der Waals surface area (Å²) in [6.45, 7) is 3.99. The maximum absolute atomic E-state index is 9.44. The van der Waals surface area contributed by atoms with E-state index in [4.69, 9.17) is 27.9 Å². The Labute approximate surface area is 114 Å². The van der Waals surface area contributed by atoms with Crippen LogP contribution in [0.3, 0.4) is 0 Å². The molecule has 0 atom stereocenters. The van der Waals surface area contributed by atoms with Crippen molar-refractivity contribution in [3.8, 4) is 0 Å². The highest BCUT2D eigenvalue weighted by Crippen LogP contribution is 2.05. The van der Waals surface area contributed by atoms with Crippen molar-refractivity contribution in [3.05, 3.63) is 35.9 Å². The minimum Gasteiger partial charge on any atom is -0.374 e. The fraction of sp³-hybridized carbons (Fsp3) is 0.462. The highest BCUT2D eigenvalue weighted by Gasteiger charge is 1.97. The summed E-state index contributed by atoms with van der Waals surface area (Å²) in [6, 6.07) is 9.90. The molecule has 0 saturated heterocycles. The summed E-state index contributed by atoms with van der Waals surface area (Å²) in [7, 11) is 0. The predicted molar refractivity (Wildman–Crippen MR) is 74.7 cm³/mol. The number of alkyl halides is 2. The second-order valence-electron chi connectivity index (χ2n) is 3.30. The van der Waals surface area contributed by atoms with Gasteiger partial charge in [0.1, 0.15) is 10.6 Å². The van der Waals surface area contributed by atoms with E-state index in [0.717, 1.165) is 5.56 Å². The lowest BCUT2D eigenvalue weighted by Crippen LogP contribution is -2.01.